The van der Waals surface area contributed by atoms with Crippen molar-refractivity contribution in [2.45, 2.75) is 32.2 Å². The summed E-state index contributed by atoms with van der Waals surface area (Å²) in [5, 5.41) is 26.6. The van der Waals surface area contributed by atoms with E-state index in [1.165, 1.54) is 6.42 Å². The van der Waals surface area contributed by atoms with E-state index < -0.39 is 0 Å². The van der Waals surface area contributed by atoms with Crippen molar-refractivity contribution in [3.63, 3.8) is 0 Å². The van der Waals surface area contributed by atoms with Crippen LogP contribution >= 0.6 is 0 Å². The fourth-order valence-electron chi connectivity index (χ4n) is 3.69. The van der Waals surface area contributed by atoms with Gasteiger partial charge in [-0.2, -0.15) is 10.4 Å². The number of aryl methyl sites for hydroxylation is 1. The van der Waals surface area contributed by atoms with Crippen molar-refractivity contribution in [3.05, 3.63) is 53.7 Å². The van der Waals surface area contributed by atoms with Crippen LogP contribution in [0.5, 0.6) is 0 Å². The maximum absolute atomic E-state index is 9.79. The van der Waals surface area contributed by atoms with Crippen molar-refractivity contribution in [1.29, 1.82) is 5.26 Å². The maximum atomic E-state index is 9.79. The van der Waals surface area contributed by atoms with Crippen LogP contribution in [0.3, 0.4) is 0 Å². The Bertz CT molecular complexity index is 1190. The SMILES string of the molecule is N#CC(=Cc1cn[nH]c1-c1cc2ccccc2o1)c1nnc2n1CCCCC2. The Morgan fingerprint density at radius 2 is 2.14 bits per heavy atom. The number of nitrogens with one attached hydrogen (secondary N) is 1. The molecular weight excluding hydrogens is 352 g/mol. The van der Waals surface area contributed by atoms with E-state index in [9.17, 15) is 5.26 Å². The first-order valence-electron chi connectivity index (χ1n) is 9.40. The van der Waals surface area contributed by atoms with Crippen LogP contribution in [0.1, 0.15) is 36.5 Å². The first kappa shape index (κ1) is 16.5. The number of hydrogen-bond donors (Lipinski definition) is 1. The molecular formula is C21H18N6O. The topological polar surface area (TPSA) is 96.3 Å². The third kappa shape index (κ3) is 2.79. The lowest BCUT2D eigenvalue weighted by molar-refractivity contribution is 0.627. The molecule has 4 heterocycles. The first-order chi connectivity index (χ1) is 13.8. The zero-order valence-electron chi connectivity index (χ0n) is 15.2. The molecule has 4 aromatic rings. The number of nitrogens with zero attached hydrogens (tertiary/aromatic N) is 5. The highest BCUT2D eigenvalue weighted by Gasteiger charge is 2.19. The molecule has 0 atom stereocenters. The molecule has 0 fully saturated rings. The number of aromatic nitrogens is 5. The van der Waals surface area contributed by atoms with Crippen LogP contribution in [0.15, 0.2) is 40.9 Å². The summed E-state index contributed by atoms with van der Waals surface area (Å²) in [7, 11) is 0. The lowest BCUT2D eigenvalue weighted by atomic mass is 10.1. The quantitative estimate of drug-likeness (QED) is 0.545. The van der Waals surface area contributed by atoms with Crippen LogP contribution in [-0.4, -0.2) is 25.0 Å². The van der Waals surface area contributed by atoms with Gasteiger partial charge in [-0.3, -0.25) is 5.10 Å². The van der Waals surface area contributed by atoms with Crippen molar-refractivity contribution in [3.8, 4) is 17.5 Å². The maximum Gasteiger partial charge on any atom is 0.174 e. The average Bonchev–Trinajstić information content (AvgIpc) is 3.40. The highest BCUT2D eigenvalue weighted by atomic mass is 16.3. The van der Waals surface area contributed by atoms with E-state index in [0.29, 0.717) is 17.2 Å². The summed E-state index contributed by atoms with van der Waals surface area (Å²) < 4.78 is 8.02. The van der Waals surface area contributed by atoms with E-state index in [1.54, 1.807) is 12.3 Å². The number of fused-ring (bicyclic) bond motifs is 2. The third-order valence-corrected chi connectivity index (χ3v) is 5.11. The van der Waals surface area contributed by atoms with Crippen molar-refractivity contribution >= 4 is 22.6 Å². The molecule has 7 nitrogen and oxygen atoms in total. The van der Waals surface area contributed by atoms with E-state index in [2.05, 4.69) is 31.0 Å². The van der Waals surface area contributed by atoms with Gasteiger partial charge in [-0.05, 0) is 31.1 Å². The molecule has 0 spiro atoms. The largest absolute Gasteiger partial charge is 0.454 e. The summed E-state index contributed by atoms with van der Waals surface area (Å²) in [6, 6.07) is 12.1. The van der Waals surface area contributed by atoms with Crippen LogP contribution < -0.4 is 0 Å². The van der Waals surface area contributed by atoms with Gasteiger partial charge in [0.2, 0.25) is 0 Å². The molecule has 0 radical (unpaired) electrons. The molecule has 0 unspecified atom stereocenters. The molecule has 5 rings (SSSR count). The van der Waals surface area contributed by atoms with Crippen LogP contribution in [0.4, 0.5) is 0 Å². The third-order valence-electron chi connectivity index (χ3n) is 5.11. The fourth-order valence-corrected chi connectivity index (χ4v) is 3.69. The minimum Gasteiger partial charge on any atom is -0.454 e. The number of H-pyrrole nitrogens is 1. The fraction of sp³-hybridized carbons (Fsp3) is 0.238. The van der Waals surface area contributed by atoms with Crippen LogP contribution in [0.2, 0.25) is 0 Å². The first-order valence-corrected chi connectivity index (χ1v) is 9.40. The van der Waals surface area contributed by atoms with Gasteiger partial charge in [-0.25, -0.2) is 0 Å². The minimum absolute atomic E-state index is 0.472. The second kappa shape index (κ2) is 6.82. The normalized spacial score (nSPS) is 14.6. The van der Waals surface area contributed by atoms with Crippen LogP contribution in [-0.2, 0) is 13.0 Å². The second-order valence-corrected chi connectivity index (χ2v) is 6.92. The zero-order valence-corrected chi connectivity index (χ0v) is 15.2. The molecule has 28 heavy (non-hydrogen) atoms. The van der Waals surface area contributed by atoms with Gasteiger partial charge in [0, 0.05) is 23.9 Å². The van der Waals surface area contributed by atoms with E-state index in [1.807, 2.05) is 30.3 Å². The summed E-state index contributed by atoms with van der Waals surface area (Å²) in [4.78, 5) is 0. The van der Waals surface area contributed by atoms with Gasteiger partial charge in [-0.15, -0.1) is 10.2 Å². The van der Waals surface area contributed by atoms with Crippen molar-refractivity contribution in [2.75, 3.05) is 0 Å². The zero-order chi connectivity index (χ0) is 18.9. The standard InChI is InChI=1S/C21H18N6O/c22-12-15(21-26-24-19-8-2-1-5-9-27(19)21)10-16-13-23-25-20(16)18-11-14-6-3-4-7-17(14)28-18/h3-4,6-7,10-11,13H,1-2,5,8-9H2,(H,23,25). The number of allylic oxidation sites excluding steroid dienone is 1. The predicted molar refractivity (Wildman–Crippen MR) is 105 cm³/mol. The molecule has 0 amide bonds. The molecule has 138 valence electrons. The molecule has 1 aromatic carbocycles. The number of furan rings is 1. The summed E-state index contributed by atoms with van der Waals surface area (Å²) in [6.07, 6.45) is 7.76. The highest BCUT2D eigenvalue weighted by molar-refractivity contribution is 5.91. The van der Waals surface area contributed by atoms with Crippen molar-refractivity contribution in [1.82, 2.24) is 25.0 Å². The minimum atomic E-state index is 0.472. The summed E-state index contributed by atoms with van der Waals surface area (Å²) >= 11 is 0. The smallest absolute Gasteiger partial charge is 0.174 e. The van der Waals surface area contributed by atoms with Gasteiger partial charge in [0.05, 0.1) is 11.8 Å². The predicted octanol–water partition coefficient (Wildman–Crippen LogP) is 4.20. The second-order valence-electron chi connectivity index (χ2n) is 6.92. The van der Waals surface area contributed by atoms with E-state index >= 15 is 0 Å². The number of nitriles is 1. The Hall–Kier alpha value is -3.66. The molecule has 1 N–H and O–H groups in total. The lowest BCUT2D eigenvalue weighted by Gasteiger charge is -2.05. The molecule has 1 aliphatic rings. The molecule has 0 saturated heterocycles. The van der Waals surface area contributed by atoms with Crippen LogP contribution in [0.25, 0.3) is 34.1 Å². The molecule has 0 saturated carbocycles. The Morgan fingerprint density at radius 1 is 1.21 bits per heavy atom. The van der Waals surface area contributed by atoms with Gasteiger partial charge in [0.25, 0.3) is 0 Å². The van der Waals surface area contributed by atoms with Gasteiger partial charge in [0.1, 0.15) is 23.2 Å². The average molecular weight is 370 g/mol. The summed E-state index contributed by atoms with van der Waals surface area (Å²) in [5.74, 6) is 2.26. The van der Waals surface area contributed by atoms with Gasteiger partial charge in [-0.1, -0.05) is 24.6 Å². The highest BCUT2D eigenvalue weighted by Crippen LogP contribution is 2.30. The Balaban J connectivity index is 1.57. The number of para-hydroxylation sites is 1. The number of hydrogen-bond acceptors (Lipinski definition) is 5. The van der Waals surface area contributed by atoms with E-state index in [0.717, 1.165) is 53.9 Å². The van der Waals surface area contributed by atoms with E-state index in [4.69, 9.17) is 4.42 Å². The van der Waals surface area contributed by atoms with Crippen molar-refractivity contribution in [2.24, 2.45) is 0 Å². The number of benzene rings is 1. The van der Waals surface area contributed by atoms with Gasteiger partial charge >= 0.3 is 0 Å². The summed E-state index contributed by atoms with van der Waals surface area (Å²) in [5.41, 5.74) is 2.80. The monoisotopic (exact) mass is 370 g/mol. The Kier molecular flexibility index (Phi) is 4.02. The molecule has 0 bridgehead atoms. The molecule has 7 heteroatoms. The molecule has 1 aliphatic heterocycles. The molecule has 3 aromatic heterocycles. The number of rotatable bonds is 3. The van der Waals surface area contributed by atoms with Crippen molar-refractivity contribution < 1.29 is 4.42 Å². The van der Waals surface area contributed by atoms with Gasteiger partial charge < -0.3 is 8.98 Å². The van der Waals surface area contributed by atoms with Gasteiger partial charge in [0.15, 0.2) is 11.6 Å². The lowest BCUT2D eigenvalue weighted by Crippen LogP contribution is -2.05. The van der Waals surface area contributed by atoms with E-state index in [-0.39, 0.29) is 0 Å². The van der Waals surface area contributed by atoms with Crippen LogP contribution in [0, 0.1) is 11.3 Å². The number of aromatic amines is 1. The molecule has 0 aliphatic carbocycles. The Morgan fingerprint density at radius 3 is 3.04 bits per heavy atom. The summed E-state index contributed by atoms with van der Waals surface area (Å²) in [6.45, 7) is 0.846. The Labute approximate surface area is 161 Å².